The normalized spacial score (nSPS) is 18.4. The predicted octanol–water partition coefficient (Wildman–Crippen LogP) is 4.72. The van der Waals surface area contributed by atoms with E-state index in [2.05, 4.69) is 22.4 Å². The fourth-order valence-corrected chi connectivity index (χ4v) is 5.32. The van der Waals surface area contributed by atoms with E-state index in [1.54, 1.807) is 17.5 Å². The summed E-state index contributed by atoms with van der Waals surface area (Å²) < 4.78 is 0. The summed E-state index contributed by atoms with van der Waals surface area (Å²) in [6.07, 6.45) is 5.76. The number of thiophene rings is 1. The molecule has 3 aromatic rings. The Labute approximate surface area is 193 Å². The highest BCUT2D eigenvalue weighted by Gasteiger charge is 2.43. The van der Waals surface area contributed by atoms with Crippen LogP contribution in [0.1, 0.15) is 40.6 Å². The minimum Gasteiger partial charge on any atom is -0.356 e. The number of nitrogens with one attached hydrogen (secondary N) is 1. The van der Waals surface area contributed by atoms with E-state index in [1.165, 1.54) is 0 Å². The van der Waals surface area contributed by atoms with Gasteiger partial charge in [-0.2, -0.15) is 0 Å². The smallest absolute Gasteiger partial charge is 0.254 e. The number of amides is 2. The van der Waals surface area contributed by atoms with Crippen molar-refractivity contribution in [2.24, 2.45) is 5.41 Å². The molecule has 32 heavy (non-hydrogen) atoms. The Bertz CT molecular complexity index is 1100. The summed E-state index contributed by atoms with van der Waals surface area (Å²) in [6.45, 7) is 5.62. The second kappa shape index (κ2) is 9.65. The van der Waals surface area contributed by atoms with Crippen LogP contribution in [0.25, 0.3) is 11.1 Å². The Morgan fingerprint density at radius 3 is 2.78 bits per heavy atom. The first-order chi connectivity index (χ1) is 15.5. The molecular weight excluding hydrogens is 418 g/mol. The van der Waals surface area contributed by atoms with Crippen LogP contribution in [0.15, 0.2) is 60.2 Å². The molecule has 1 aliphatic heterocycles. The van der Waals surface area contributed by atoms with Gasteiger partial charge in [-0.05, 0) is 56.4 Å². The van der Waals surface area contributed by atoms with Crippen molar-refractivity contribution in [1.82, 2.24) is 15.2 Å². The fourth-order valence-electron chi connectivity index (χ4n) is 4.64. The van der Waals surface area contributed by atoms with Gasteiger partial charge in [0.05, 0.1) is 11.0 Å². The molecule has 2 aromatic heterocycles. The lowest BCUT2D eigenvalue weighted by Gasteiger charge is -2.42. The molecule has 1 aliphatic rings. The van der Waals surface area contributed by atoms with Gasteiger partial charge in [0.25, 0.3) is 5.91 Å². The number of rotatable bonds is 6. The highest BCUT2D eigenvalue weighted by Crippen LogP contribution is 2.37. The van der Waals surface area contributed by atoms with Crippen molar-refractivity contribution in [3.63, 3.8) is 0 Å². The number of nitrogens with zero attached hydrogens (tertiary/aromatic N) is 2. The molecule has 1 fully saturated rings. The van der Waals surface area contributed by atoms with Gasteiger partial charge in [-0.15, -0.1) is 11.3 Å². The highest BCUT2D eigenvalue weighted by atomic mass is 32.1. The van der Waals surface area contributed by atoms with Crippen molar-refractivity contribution >= 4 is 23.2 Å². The maximum atomic E-state index is 13.4. The van der Waals surface area contributed by atoms with Gasteiger partial charge in [0, 0.05) is 47.8 Å². The Balaban J connectivity index is 1.67. The van der Waals surface area contributed by atoms with Crippen molar-refractivity contribution in [2.45, 2.75) is 33.1 Å². The molecule has 1 unspecified atom stereocenters. The molecular formula is C26H29N3O2S. The number of piperidine rings is 1. The Morgan fingerprint density at radius 1 is 1.22 bits per heavy atom. The van der Waals surface area contributed by atoms with E-state index in [4.69, 9.17) is 0 Å². The average molecular weight is 448 g/mol. The van der Waals surface area contributed by atoms with Gasteiger partial charge in [-0.25, -0.2) is 0 Å². The summed E-state index contributed by atoms with van der Waals surface area (Å²) in [4.78, 5) is 33.9. The number of aromatic nitrogens is 1. The molecule has 6 heteroatoms. The summed E-state index contributed by atoms with van der Waals surface area (Å²) >= 11 is 1.58. The van der Waals surface area contributed by atoms with Gasteiger partial charge in [-0.1, -0.05) is 30.3 Å². The van der Waals surface area contributed by atoms with Gasteiger partial charge in [0.15, 0.2) is 0 Å². The van der Waals surface area contributed by atoms with Crippen LogP contribution in [0.2, 0.25) is 0 Å². The van der Waals surface area contributed by atoms with Crippen LogP contribution in [-0.4, -0.2) is 41.3 Å². The number of likely N-dealkylation sites (tertiary alicyclic amines) is 1. The van der Waals surface area contributed by atoms with Gasteiger partial charge in [-0.3, -0.25) is 14.6 Å². The van der Waals surface area contributed by atoms with Crippen LogP contribution in [0.4, 0.5) is 0 Å². The topological polar surface area (TPSA) is 62.3 Å². The molecule has 166 valence electrons. The number of hydrogen-bond donors (Lipinski definition) is 1. The first kappa shape index (κ1) is 22.2. The van der Waals surface area contributed by atoms with Crippen molar-refractivity contribution in [3.05, 3.63) is 76.2 Å². The van der Waals surface area contributed by atoms with Gasteiger partial charge >= 0.3 is 0 Å². The predicted molar refractivity (Wildman–Crippen MR) is 129 cm³/mol. The van der Waals surface area contributed by atoms with E-state index in [-0.39, 0.29) is 11.8 Å². The fraction of sp³-hybridized carbons (Fsp3) is 0.346. The maximum absolute atomic E-state index is 13.4. The minimum atomic E-state index is -0.659. The number of benzene rings is 1. The number of hydrogen-bond acceptors (Lipinski definition) is 4. The van der Waals surface area contributed by atoms with Crippen molar-refractivity contribution < 1.29 is 9.59 Å². The van der Waals surface area contributed by atoms with E-state index >= 15 is 0 Å². The molecule has 1 saturated heterocycles. The van der Waals surface area contributed by atoms with Crippen LogP contribution in [-0.2, 0) is 11.2 Å². The Hall–Kier alpha value is -2.99. The molecule has 0 aliphatic carbocycles. The van der Waals surface area contributed by atoms with E-state index in [0.29, 0.717) is 26.1 Å². The van der Waals surface area contributed by atoms with Crippen LogP contribution < -0.4 is 5.32 Å². The summed E-state index contributed by atoms with van der Waals surface area (Å²) in [5, 5.41) is 4.97. The lowest BCUT2D eigenvalue weighted by Crippen LogP contribution is -2.54. The third-order valence-electron chi connectivity index (χ3n) is 6.18. The molecule has 5 nitrogen and oxygen atoms in total. The van der Waals surface area contributed by atoms with E-state index in [0.717, 1.165) is 40.0 Å². The zero-order valence-corrected chi connectivity index (χ0v) is 19.5. The third-order valence-corrected chi connectivity index (χ3v) is 7.04. The Kier molecular flexibility index (Phi) is 6.70. The lowest BCUT2D eigenvalue weighted by atomic mass is 9.73. The average Bonchev–Trinajstić information content (AvgIpc) is 3.26. The molecule has 0 spiro atoms. The highest BCUT2D eigenvalue weighted by molar-refractivity contribution is 7.10. The summed E-state index contributed by atoms with van der Waals surface area (Å²) in [6, 6.07) is 14.1. The first-order valence-corrected chi connectivity index (χ1v) is 12.0. The lowest BCUT2D eigenvalue weighted by molar-refractivity contribution is -0.133. The third kappa shape index (κ3) is 4.60. The van der Waals surface area contributed by atoms with Crippen LogP contribution in [0, 0.1) is 12.3 Å². The van der Waals surface area contributed by atoms with Crippen molar-refractivity contribution in [2.75, 3.05) is 19.6 Å². The largest absolute Gasteiger partial charge is 0.356 e. The van der Waals surface area contributed by atoms with Gasteiger partial charge in [0.2, 0.25) is 5.91 Å². The molecule has 0 radical (unpaired) electrons. The number of carbonyl (C=O) groups is 2. The van der Waals surface area contributed by atoms with E-state index in [9.17, 15) is 9.59 Å². The molecule has 1 atom stereocenters. The molecule has 3 heterocycles. The molecule has 0 bridgehead atoms. The van der Waals surface area contributed by atoms with Crippen molar-refractivity contribution in [1.29, 1.82) is 0 Å². The Morgan fingerprint density at radius 2 is 2.06 bits per heavy atom. The number of aryl methyl sites for hydroxylation is 1. The quantitative estimate of drug-likeness (QED) is 0.595. The molecule has 4 rings (SSSR count). The van der Waals surface area contributed by atoms with E-state index in [1.807, 2.05) is 60.7 Å². The van der Waals surface area contributed by atoms with Gasteiger partial charge in [0.1, 0.15) is 0 Å². The van der Waals surface area contributed by atoms with E-state index < -0.39 is 5.41 Å². The van der Waals surface area contributed by atoms with Crippen LogP contribution in [0.3, 0.4) is 0 Å². The summed E-state index contributed by atoms with van der Waals surface area (Å²) in [5.74, 6) is 0.0447. The van der Waals surface area contributed by atoms with Crippen LogP contribution in [0.5, 0.6) is 0 Å². The summed E-state index contributed by atoms with van der Waals surface area (Å²) in [5.41, 5.74) is 3.28. The van der Waals surface area contributed by atoms with Crippen LogP contribution >= 0.6 is 11.3 Å². The number of carbonyl (C=O) groups excluding carboxylic acids is 2. The molecule has 2 amide bonds. The number of pyridine rings is 1. The zero-order chi connectivity index (χ0) is 22.6. The molecule has 0 saturated carbocycles. The summed E-state index contributed by atoms with van der Waals surface area (Å²) in [7, 11) is 0. The standard InChI is InChI=1S/C26H29N3O2S/c1-3-28-25(31)26(11-7-13-29(18-26)24(30)22-14-19(2)32-17-22)15-20-8-4-5-10-23(20)21-9-6-12-27-16-21/h4-6,8-10,12,14,16-17H,3,7,11,13,15,18H2,1-2H3,(H,28,31). The van der Waals surface area contributed by atoms with Crippen molar-refractivity contribution in [3.8, 4) is 11.1 Å². The molecule has 1 N–H and O–H groups in total. The first-order valence-electron chi connectivity index (χ1n) is 11.1. The molecule has 1 aromatic carbocycles. The monoisotopic (exact) mass is 447 g/mol. The van der Waals surface area contributed by atoms with Gasteiger partial charge < -0.3 is 10.2 Å². The second-order valence-corrected chi connectivity index (χ2v) is 9.61. The zero-order valence-electron chi connectivity index (χ0n) is 18.6. The minimum absolute atomic E-state index is 0.0169. The second-order valence-electron chi connectivity index (χ2n) is 8.49. The SMILES string of the molecule is CCNC(=O)C1(Cc2ccccc2-c2cccnc2)CCCN(C(=O)c2csc(C)c2)C1. The maximum Gasteiger partial charge on any atom is 0.254 e.